The van der Waals surface area contributed by atoms with Crippen molar-refractivity contribution in [2.75, 3.05) is 27.3 Å². The molecule has 1 atom stereocenters. The van der Waals surface area contributed by atoms with E-state index in [1.165, 1.54) is 0 Å². The van der Waals surface area contributed by atoms with Gasteiger partial charge in [0.1, 0.15) is 0 Å². The Morgan fingerprint density at radius 2 is 2.00 bits per heavy atom. The molecule has 4 nitrogen and oxygen atoms in total. The zero-order valence-corrected chi connectivity index (χ0v) is 13.1. The lowest BCUT2D eigenvalue weighted by molar-refractivity contribution is 0.0383. The highest BCUT2D eigenvalue weighted by Crippen LogP contribution is 2.22. The van der Waals surface area contributed by atoms with Gasteiger partial charge in [-0.15, -0.1) is 0 Å². The summed E-state index contributed by atoms with van der Waals surface area (Å²) in [6.07, 6.45) is 0.985. The molecule has 0 aromatic rings. The Hall–Kier alpha value is 0.274. The maximum atomic E-state index is 5.94. The number of hydrogen-bond donors (Lipinski definition) is 1. The Balaban J connectivity index is 4.44. The number of nitrogens with one attached hydrogen (secondary N) is 1. The minimum absolute atomic E-state index is 0.420. The first-order valence-electron chi connectivity index (χ1n) is 5.68. The summed E-state index contributed by atoms with van der Waals surface area (Å²) in [5.41, 5.74) is 0. The Morgan fingerprint density at radius 3 is 2.38 bits per heavy atom. The van der Waals surface area contributed by atoms with Gasteiger partial charge in [0.2, 0.25) is 0 Å². The van der Waals surface area contributed by atoms with Gasteiger partial charge in [-0.1, -0.05) is 0 Å². The molecular weight excluding hydrogens is 238 g/mol. The highest BCUT2D eigenvalue weighted by atomic mass is 28.4. The first-order valence-corrected chi connectivity index (χ1v) is 8.11. The van der Waals surface area contributed by atoms with E-state index in [0.717, 1.165) is 19.0 Å². The van der Waals surface area contributed by atoms with E-state index in [1.54, 1.807) is 7.11 Å². The van der Waals surface area contributed by atoms with Crippen LogP contribution < -0.4 is 5.32 Å². The van der Waals surface area contributed by atoms with E-state index in [9.17, 15) is 0 Å². The molecule has 0 heterocycles. The van der Waals surface area contributed by atoms with Crippen LogP contribution in [0.1, 0.15) is 27.2 Å². The van der Waals surface area contributed by atoms with Crippen molar-refractivity contribution in [3.8, 4) is 0 Å². The fraction of sp³-hybridized carbons (Fsp3) is 1.00. The first kappa shape index (κ1) is 16.3. The van der Waals surface area contributed by atoms with E-state index >= 15 is 0 Å². The molecular formula is C10H24NO3Si2. The van der Waals surface area contributed by atoms with E-state index in [2.05, 4.69) is 15.6 Å². The second-order valence-corrected chi connectivity index (χ2v) is 8.11. The largest absolute Gasteiger partial charge is 0.500 e. The van der Waals surface area contributed by atoms with Gasteiger partial charge < -0.3 is 18.6 Å². The third-order valence-corrected chi connectivity index (χ3v) is 5.44. The molecule has 0 saturated heterocycles. The van der Waals surface area contributed by atoms with Crippen LogP contribution in [0, 0.1) is 0 Å². The van der Waals surface area contributed by atoms with Gasteiger partial charge in [-0.2, -0.15) is 0 Å². The molecule has 0 spiro atoms. The van der Waals surface area contributed by atoms with E-state index in [-0.39, 0.29) is 0 Å². The predicted octanol–water partition coefficient (Wildman–Crippen LogP) is 1.14. The van der Waals surface area contributed by atoms with Gasteiger partial charge in [-0.25, -0.2) is 0 Å². The first-order chi connectivity index (χ1) is 7.39. The van der Waals surface area contributed by atoms with Crippen LogP contribution in [0.5, 0.6) is 0 Å². The summed E-state index contributed by atoms with van der Waals surface area (Å²) in [4.78, 5) is 0. The van der Waals surface area contributed by atoms with Crippen molar-refractivity contribution < 1.29 is 13.3 Å². The molecule has 0 bridgehead atoms. The quantitative estimate of drug-likeness (QED) is 0.500. The van der Waals surface area contributed by atoms with Gasteiger partial charge in [-0.3, -0.25) is 0 Å². The van der Waals surface area contributed by atoms with Crippen molar-refractivity contribution in [1.82, 2.24) is 5.32 Å². The minimum Gasteiger partial charge on any atom is -0.377 e. The average molecular weight is 262 g/mol. The Kier molecular flexibility index (Phi) is 7.70. The molecule has 0 aliphatic rings. The summed E-state index contributed by atoms with van der Waals surface area (Å²) in [6.45, 7) is 7.41. The van der Waals surface area contributed by atoms with Crippen LogP contribution >= 0.6 is 0 Å². The van der Waals surface area contributed by atoms with Crippen LogP contribution in [-0.4, -0.2) is 51.6 Å². The van der Waals surface area contributed by atoms with E-state index in [0.29, 0.717) is 6.61 Å². The van der Waals surface area contributed by atoms with Crippen molar-refractivity contribution in [3.63, 3.8) is 0 Å². The van der Waals surface area contributed by atoms with Crippen LogP contribution in [-0.2, 0) is 13.3 Å². The maximum absolute atomic E-state index is 5.94. The topological polar surface area (TPSA) is 39.7 Å². The zero-order valence-electron chi connectivity index (χ0n) is 11.1. The summed E-state index contributed by atoms with van der Waals surface area (Å²) < 4.78 is 17.2. The summed E-state index contributed by atoms with van der Waals surface area (Å²) in [5, 5.41) is 2.69. The number of hydrogen-bond acceptors (Lipinski definition) is 4. The minimum atomic E-state index is -2.53. The van der Waals surface area contributed by atoms with Gasteiger partial charge in [0.15, 0.2) is 0 Å². The Labute approximate surface area is 104 Å². The molecule has 0 aromatic carbocycles. The second kappa shape index (κ2) is 7.57. The maximum Gasteiger partial charge on any atom is 0.500 e. The van der Waals surface area contributed by atoms with Crippen LogP contribution in [0.25, 0.3) is 0 Å². The van der Waals surface area contributed by atoms with Crippen molar-refractivity contribution in [2.45, 2.75) is 38.5 Å². The summed E-state index contributed by atoms with van der Waals surface area (Å²) in [5.74, 6) is 0. The van der Waals surface area contributed by atoms with Crippen molar-refractivity contribution in [3.05, 3.63) is 0 Å². The second-order valence-electron chi connectivity index (χ2n) is 4.14. The van der Waals surface area contributed by atoms with Crippen LogP contribution in [0.2, 0.25) is 6.04 Å². The van der Waals surface area contributed by atoms with Crippen LogP contribution in [0.4, 0.5) is 0 Å². The lowest BCUT2D eigenvalue weighted by Gasteiger charge is -2.34. The summed E-state index contributed by atoms with van der Waals surface area (Å²) in [7, 11) is 4.60. The molecule has 0 aromatic heterocycles. The molecule has 1 N–H and O–H groups in total. The van der Waals surface area contributed by atoms with Gasteiger partial charge in [-0.05, 0) is 40.8 Å². The molecule has 0 rings (SSSR count). The Morgan fingerprint density at radius 1 is 1.38 bits per heavy atom. The van der Waals surface area contributed by atoms with Gasteiger partial charge >= 0.3 is 8.80 Å². The van der Waals surface area contributed by atoms with Crippen molar-refractivity contribution in [1.29, 1.82) is 0 Å². The molecule has 6 heteroatoms. The highest BCUT2D eigenvalue weighted by molar-refractivity contribution is 6.61. The Bertz CT molecular complexity index is 187. The van der Waals surface area contributed by atoms with Gasteiger partial charge in [0.25, 0.3) is 0 Å². The summed E-state index contributed by atoms with van der Waals surface area (Å²) >= 11 is 0. The molecule has 0 saturated carbocycles. The fourth-order valence-electron chi connectivity index (χ4n) is 1.45. The highest BCUT2D eigenvalue weighted by Gasteiger charge is 2.42. The fourth-order valence-corrected chi connectivity index (χ4v) is 4.45. The van der Waals surface area contributed by atoms with E-state index in [4.69, 9.17) is 13.3 Å². The van der Waals surface area contributed by atoms with Crippen molar-refractivity contribution in [2.24, 2.45) is 0 Å². The van der Waals surface area contributed by atoms with E-state index in [1.807, 2.05) is 27.8 Å². The molecule has 0 fully saturated rings. The average Bonchev–Trinajstić information content (AvgIpc) is 2.16. The molecule has 0 aliphatic carbocycles. The molecule has 1 unspecified atom stereocenters. The smallest absolute Gasteiger partial charge is 0.377 e. The third kappa shape index (κ3) is 6.77. The van der Waals surface area contributed by atoms with Crippen molar-refractivity contribution >= 4 is 19.0 Å². The van der Waals surface area contributed by atoms with E-state index < -0.39 is 14.0 Å². The molecule has 0 amide bonds. The molecule has 0 aliphatic heterocycles. The SMILES string of the molecule is CCO[Si](CCCNC)(OC)OC(C)(C)[Si]. The molecule has 16 heavy (non-hydrogen) atoms. The van der Waals surface area contributed by atoms with Crippen LogP contribution in [0.3, 0.4) is 0 Å². The number of rotatable bonds is 9. The lowest BCUT2D eigenvalue weighted by Crippen LogP contribution is -2.51. The third-order valence-electron chi connectivity index (χ3n) is 2.00. The van der Waals surface area contributed by atoms with Gasteiger partial charge in [0, 0.05) is 25.0 Å². The normalized spacial score (nSPS) is 16.1. The molecule has 3 radical (unpaired) electrons. The monoisotopic (exact) mass is 262 g/mol. The molecule has 95 valence electrons. The van der Waals surface area contributed by atoms with Crippen LogP contribution in [0.15, 0.2) is 0 Å². The zero-order chi connectivity index (χ0) is 12.7. The standard InChI is InChI=1S/C10H24NO3Si2/c1-6-13-16(12-5,9-7-8-11-4)14-10(2,3)15/h11H,6-9H2,1-5H3. The lowest BCUT2D eigenvalue weighted by atomic mass is 10.5. The van der Waals surface area contributed by atoms with Gasteiger partial charge in [0.05, 0.1) is 10.2 Å². The summed E-state index contributed by atoms with van der Waals surface area (Å²) in [6, 6.07) is 0.825. The predicted molar refractivity (Wildman–Crippen MR) is 68.7 cm³/mol.